The number of hydrogen-bond acceptors (Lipinski definition) is 6. The van der Waals surface area contributed by atoms with Crippen molar-refractivity contribution in [3.63, 3.8) is 0 Å². The van der Waals surface area contributed by atoms with Crippen LogP contribution in [-0.2, 0) is 4.74 Å². The zero-order valence-corrected chi connectivity index (χ0v) is 21.9. The van der Waals surface area contributed by atoms with Gasteiger partial charge in [0.15, 0.2) is 5.88 Å². The summed E-state index contributed by atoms with van der Waals surface area (Å²) in [6, 6.07) is 9.85. The smallest absolute Gasteiger partial charge is 0.199 e. The van der Waals surface area contributed by atoms with E-state index >= 15 is 0 Å². The summed E-state index contributed by atoms with van der Waals surface area (Å²) in [6.07, 6.45) is 2.49. The van der Waals surface area contributed by atoms with E-state index in [-0.39, 0.29) is 30.7 Å². The Hall–Kier alpha value is -2.10. The highest BCUT2D eigenvalue weighted by atomic mass is 79.9. The molecule has 4 aromatic rings. The maximum atomic E-state index is 10.7. The Morgan fingerprint density at radius 3 is 2.71 bits per heavy atom. The molecule has 3 heterocycles. The average Bonchev–Trinajstić information content (AvgIpc) is 3.11. The Labute approximate surface area is 218 Å². The summed E-state index contributed by atoms with van der Waals surface area (Å²) in [7, 11) is 0. The van der Waals surface area contributed by atoms with Crippen molar-refractivity contribution < 1.29 is 14.6 Å². The fourth-order valence-electron chi connectivity index (χ4n) is 4.18. The summed E-state index contributed by atoms with van der Waals surface area (Å²) in [5, 5.41) is 12.4. The third kappa shape index (κ3) is 5.42. The lowest BCUT2D eigenvalue weighted by molar-refractivity contribution is 0.0358. The van der Waals surface area contributed by atoms with Crippen LogP contribution in [0.2, 0.25) is 0 Å². The Bertz CT molecular complexity index is 1280. The number of aromatic amines is 1. The maximum Gasteiger partial charge on any atom is 0.199 e. The molecule has 1 saturated heterocycles. The first-order chi connectivity index (χ1) is 15.6. The average molecular weight is 570 g/mol. The highest BCUT2D eigenvalue weighted by Crippen LogP contribution is 2.40. The lowest BCUT2D eigenvalue weighted by atomic mass is 10.0. The van der Waals surface area contributed by atoms with Crippen LogP contribution in [0.25, 0.3) is 33.1 Å². The van der Waals surface area contributed by atoms with Gasteiger partial charge in [-0.15, -0.1) is 24.8 Å². The van der Waals surface area contributed by atoms with E-state index in [1.54, 1.807) is 0 Å². The largest absolute Gasteiger partial charge is 0.494 e. The number of halogens is 3. The van der Waals surface area contributed by atoms with Gasteiger partial charge in [0.25, 0.3) is 0 Å². The number of H-pyrrole nitrogens is 1. The second-order valence-corrected chi connectivity index (χ2v) is 8.91. The van der Waals surface area contributed by atoms with Gasteiger partial charge in [0.2, 0.25) is 0 Å². The van der Waals surface area contributed by atoms with Crippen molar-refractivity contribution in [1.29, 1.82) is 0 Å². The van der Waals surface area contributed by atoms with Crippen LogP contribution in [0.4, 0.5) is 0 Å². The highest BCUT2D eigenvalue weighted by Gasteiger charge is 2.18. The summed E-state index contributed by atoms with van der Waals surface area (Å²) < 4.78 is 12.4. The predicted molar refractivity (Wildman–Crippen MR) is 143 cm³/mol. The number of aryl methyl sites for hydroxylation is 1. The molecular weight excluding hydrogens is 543 g/mol. The van der Waals surface area contributed by atoms with E-state index in [1.165, 1.54) is 6.33 Å². The molecule has 1 aliphatic heterocycles. The number of nitrogens with zero attached hydrogens (tertiary/aromatic N) is 3. The zero-order valence-electron chi connectivity index (χ0n) is 18.7. The fraction of sp³-hybridized carbons (Fsp3) is 0.333. The number of ether oxygens (including phenoxy) is 2. The van der Waals surface area contributed by atoms with Crippen molar-refractivity contribution in [1.82, 2.24) is 19.9 Å². The van der Waals surface area contributed by atoms with Crippen LogP contribution < -0.4 is 4.74 Å². The highest BCUT2D eigenvalue weighted by molar-refractivity contribution is 9.10. The van der Waals surface area contributed by atoms with Crippen molar-refractivity contribution in [2.45, 2.75) is 13.3 Å². The molecule has 2 aromatic heterocycles. The van der Waals surface area contributed by atoms with Gasteiger partial charge >= 0.3 is 0 Å². The normalized spacial score (nSPS) is 14.1. The van der Waals surface area contributed by atoms with Gasteiger partial charge in [-0.2, -0.15) is 0 Å². The number of aromatic nitrogens is 3. The quantitative estimate of drug-likeness (QED) is 0.298. The molecule has 1 fully saturated rings. The standard InChI is InChI=1S/C24H25BrN4O3.2ClH/c1-15-11-21-18(13-19(15)25)22(24(30)28-21)23-17-4-3-16(12-20(17)26-14-27-23)32-8-2-5-29-6-9-31-10-7-29;;/h3-4,11-14,28,30H,2,5-10H2,1H3;2*1H. The van der Waals surface area contributed by atoms with Crippen LogP contribution in [-0.4, -0.2) is 64.4 Å². The van der Waals surface area contributed by atoms with Gasteiger partial charge in [-0.25, -0.2) is 9.97 Å². The molecule has 34 heavy (non-hydrogen) atoms. The van der Waals surface area contributed by atoms with Gasteiger partial charge < -0.3 is 19.6 Å². The van der Waals surface area contributed by atoms with Gasteiger partial charge in [0, 0.05) is 46.5 Å². The van der Waals surface area contributed by atoms with Crippen LogP contribution in [0.5, 0.6) is 11.6 Å². The fourth-order valence-corrected chi connectivity index (χ4v) is 4.52. The summed E-state index contributed by atoms with van der Waals surface area (Å²) in [5.74, 6) is 0.881. The number of benzene rings is 2. The summed E-state index contributed by atoms with van der Waals surface area (Å²) in [5.41, 5.74) is 4.10. The Morgan fingerprint density at radius 2 is 1.91 bits per heavy atom. The van der Waals surface area contributed by atoms with Gasteiger partial charge in [-0.05, 0) is 43.2 Å². The molecule has 7 nitrogen and oxygen atoms in total. The molecule has 182 valence electrons. The first kappa shape index (κ1) is 26.5. The van der Waals surface area contributed by atoms with E-state index in [0.29, 0.717) is 17.9 Å². The monoisotopic (exact) mass is 568 g/mol. The lowest BCUT2D eigenvalue weighted by Crippen LogP contribution is -2.37. The SMILES string of the molecule is Cc1cc2[nH]c(O)c(-c3ncnc4cc(OCCCN5CCOCC5)ccc34)c2cc1Br.Cl.Cl. The van der Waals surface area contributed by atoms with Gasteiger partial charge in [-0.1, -0.05) is 15.9 Å². The Balaban J connectivity index is 0.00000162. The number of rotatable bonds is 6. The molecule has 0 spiro atoms. The second kappa shape index (κ2) is 11.6. The molecule has 0 aliphatic carbocycles. The molecule has 0 atom stereocenters. The third-order valence-corrected chi connectivity index (χ3v) is 6.75. The predicted octanol–water partition coefficient (Wildman–Crippen LogP) is 5.50. The van der Waals surface area contributed by atoms with E-state index in [2.05, 4.69) is 35.8 Å². The molecule has 0 amide bonds. The molecule has 1 aliphatic rings. The van der Waals surface area contributed by atoms with Crippen molar-refractivity contribution in [2.75, 3.05) is 39.5 Å². The van der Waals surface area contributed by atoms with E-state index in [0.717, 1.165) is 76.9 Å². The first-order valence-corrected chi connectivity index (χ1v) is 11.6. The van der Waals surface area contributed by atoms with Gasteiger partial charge in [-0.3, -0.25) is 4.90 Å². The van der Waals surface area contributed by atoms with E-state index in [9.17, 15) is 5.11 Å². The van der Waals surface area contributed by atoms with Crippen LogP contribution in [0.15, 0.2) is 41.1 Å². The molecule has 2 aromatic carbocycles. The first-order valence-electron chi connectivity index (χ1n) is 10.8. The van der Waals surface area contributed by atoms with Crippen molar-refractivity contribution >= 4 is 62.5 Å². The minimum absolute atomic E-state index is 0. The van der Waals surface area contributed by atoms with E-state index in [4.69, 9.17) is 9.47 Å². The summed E-state index contributed by atoms with van der Waals surface area (Å²) in [4.78, 5) is 14.4. The second-order valence-electron chi connectivity index (χ2n) is 8.05. The molecule has 0 saturated carbocycles. The minimum Gasteiger partial charge on any atom is -0.494 e. The van der Waals surface area contributed by atoms with E-state index < -0.39 is 0 Å². The molecule has 0 bridgehead atoms. The topological polar surface area (TPSA) is 83.5 Å². The number of morpholine rings is 1. The number of nitrogens with one attached hydrogen (secondary N) is 1. The van der Waals surface area contributed by atoms with Crippen molar-refractivity contribution in [3.05, 3.63) is 46.7 Å². The van der Waals surface area contributed by atoms with Crippen LogP contribution in [0.1, 0.15) is 12.0 Å². The molecule has 5 rings (SSSR count). The molecule has 0 unspecified atom stereocenters. The molecular formula is C24H27BrCl2N4O3. The number of aromatic hydroxyl groups is 1. The third-order valence-electron chi connectivity index (χ3n) is 5.89. The summed E-state index contributed by atoms with van der Waals surface area (Å²) in [6.45, 7) is 7.30. The maximum absolute atomic E-state index is 10.7. The van der Waals surface area contributed by atoms with Crippen LogP contribution in [0.3, 0.4) is 0 Å². The zero-order chi connectivity index (χ0) is 22.1. The molecule has 2 N–H and O–H groups in total. The summed E-state index contributed by atoms with van der Waals surface area (Å²) >= 11 is 3.59. The van der Waals surface area contributed by atoms with Gasteiger partial charge in [0.1, 0.15) is 12.1 Å². The minimum atomic E-state index is 0. The van der Waals surface area contributed by atoms with Crippen LogP contribution >= 0.6 is 40.7 Å². The number of fused-ring (bicyclic) bond motifs is 2. The van der Waals surface area contributed by atoms with Crippen LogP contribution in [0, 0.1) is 6.92 Å². The van der Waals surface area contributed by atoms with Crippen molar-refractivity contribution in [2.24, 2.45) is 0 Å². The Kier molecular flexibility index (Phi) is 9.01. The van der Waals surface area contributed by atoms with Gasteiger partial charge in [0.05, 0.1) is 36.6 Å². The van der Waals surface area contributed by atoms with Crippen molar-refractivity contribution in [3.8, 4) is 22.9 Å². The molecule has 10 heteroatoms. The van der Waals surface area contributed by atoms with E-state index in [1.807, 2.05) is 37.3 Å². The molecule has 0 radical (unpaired) electrons. The Morgan fingerprint density at radius 1 is 1.12 bits per heavy atom. The number of hydrogen-bond donors (Lipinski definition) is 2. The lowest BCUT2D eigenvalue weighted by Gasteiger charge is -2.26.